The minimum Gasteiger partial charge on any atom is -0.481 e. The fourth-order valence-corrected chi connectivity index (χ4v) is 2.68. The predicted molar refractivity (Wildman–Crippen MR) is 72.1 cm³/mol. The van der Waals surface area contributed by atoms with Crippen molar-refractivity contribution in [3.05, 3.63) is 29.6 Å². The summed E-state index contributed by atoms with van der Waals surface area (Å²) in [6, 6.07) is 3.93. The minimum atomic E-state index is -0.828. The number of hydrogen-bond donors (Lipinski definition) is 2. The highest BCUT2D eigenvalue weighted by Gasteiger charge is 2.24. The number of carboxylic acids is 1. The summed E-state index contributed by atoms with van der Waals surface area (Å²) in [7, 11) is 0. The lowest BCUT2D eigenvalue weighted by atomic mass is 9.94. The van der Waals surface area contributed by atoms with Gasteiger partial charge < -0.3 is 15.7 Å². The van der Waals surface area contributed by atoms with Crippen LogP contribution in [0.15, 0.2) is 18.2 Å². The topological polar surface area (TPSA) is 83.6 Å². The van der Waals surface area contributed by atoms with Gasteiger partial charge in [-0.2, -0.15) is 0 Å². The summed E-state index contributed by atoms with van der Waals surface area (Å²) < 4.78 is 13.2. The predicted octanol–water partition coefficient (Wildman–Crippen LogP) is 1.62. The molecule has 6 heteroatoms. The molecular weight excluding hydrogens is 263 g/mol. The third-order valence-corrected chi connectivity index (χ3v) is 3.55. The number of aliphatic carboxylic acids is 1. The number of primary amides is 1. The van der Waals surface area contributed by atoms with Gasteiger partial charge in [-0.25, -0.2) is 4.39 Å². The van der Waals surface area contributed by atoms with Gasteiger partial charge >= 0.3 is 5.97 Å². The van der Waals surface area contributed by atoms with E-state index in [0.29, 0.717) is 18.8 Å². The first-order chi connectivity index (χ1) is 9.47. The average Bonchev–Trinajstić information content (AvgIpc) is 2.38. The standard InChI is InChI=1S/C14H17FN2O3/c15-10-3-4-12(11(7-10)14(16)20)17-5-1-2-9(8-17)6-13(18)19/h3-4,7,9H,1-2,5-6,8H2,(H2,16,20)(H,18,19). The average molecular weight is 280 g/mol. The van der Waals surface area contributed by atoms with Crippen LogP contribution in [-0.4, -0.2) is 30.1 Å². The Labute approximate surface area is 116 Å². The van der Waals surface area contributed by atoms with Crippen LogP contribution in [0.5, 0.6) is 0 Å². The number of nitrogens with zero attached hydrogens (tertiary/aromatic N) is 1. The Hall–Kier alpha value is -2.11. The molecule has 20 heavy (non-hydrogen) atoms. The molecule has 0 aliphatic carbocycles. The van der Waals surface area contributed by atoms with Crippen molar-refractivity contribution in [1.82, 2.24) is 0 Å². The molecule has 1 aromatic rings. The molecule has 1 atom stereocenters. The molecule has 1 unspecified atom stereocenters. The number of carbonyl (C=O) groups is 2. The van der Waals surface area contributed by atoms with Crippen LogP contribution < -0.4 is 10.6 Å². The quantitative estimate of drug-likeness (QED) is 0.877. The molecule has 0 aromatic heterocycles. The van der Waals surface area contributed by atoms with E-state index in [-0.39, 0.29) is 17.9 Å². The first-order valence-electron chi connectivity index (χ1n) is 6.53. The van der Waals surface area contributed by atoms with E-state index in [1.807, 2.05) is 4.90 Å². The number of halogens is 1. The zero-order valence-electron chi connectivity index (χ0n) is 11.0. The molecule has 1 heterocycles. The molecule has 0 saturated carbocycles. The molecule has 1 aliphatic rings. The molecule has 0 spiro atoms. The summed E-state index contributed by atoms with van der Waals surface area (Å²) in [5.41, 5.74) is 6.00. The number of nitrogens with two attached hydrogens (primary N) is 1. The Morgan fingerprint density at radius 1 is 1.45 bits per heavy atom. The minimum absolute atomic E-state index is 0.0343. The number of benzene rings is 1. The van der Waals surface area contributed by atoms with Crippen molar-refractivity contribution in [2.24, 2.45) is 11.7 Å². The van der Waals surface area contributed by atoms with E-state index in [1.165, 1.54) is 12.1 Å². The molecule has 1 amide bonds. The lowest BCUT2D eigenvalue weighted by Gasteiger charge is -2.34. The summed E-state index contributed by atoms with van der Waals surface area (Å²) in [4.78, 5) is 24.1. The first kappa shape index (κ1) is 14.3. The fourth-order valence-electron chi connectivity index (χ4n) is 2.68. The van der Waals surface area contributed by atoms with E-state index in [4.69, 9.17) is 10.8 Å². The van der Waals surface area contributed by atoms with Gasteiger partial charge in [-0.3, -0.25) is 9.59 Å². The van der Waals surface area contributed by atoms with Crippen molar-refractivity contribution in [1.29, 1.82) is 0 Å². The number of piperidine rings is 1. The van der Waals surface area contributed by atoms with Crippen LogP contribution in [0.2, 0.25) is 0 Å². The van der Waals surface area contributed by atoms with Gasteiger partial charge in [0.2, 0.25) is 0 Å². The van der Waals surface area contributed by atoms with Crippen LogP contribution in [0.25, 0.3) is 0 Å². The van der Waals surface area contributed by atoms with Crippen molar-refractivity contribution in [3.8, 4) is 0 Å². The van der Waals surface area contributed by atoms with E-state index in [1.54, 1.807) is 0 Å². The smallest absolute Gasteiger partial charge is 0.303 e. The van der Waals surface area contributed by atoms with Crippen molar-refractivity contribution in [2.45, 2.75) is 19.3 Å². The van der Waals surface area contributed by atoms with Crippen molar-refractivity contribution in [2.75, 3.05) is 18.0 Å². The maximum Gasteiger partial charge on any atom is 0.303 e. The van der Waals surface area contributed by atoms with Gasteiger partial charge in [0, 0.05) is 25.2 Å². The van der Waals surface area contributed by atoms with Crippen molar-refractivity contribution >= 4 is 17.6 Å². The molecule has 0 radical (unpaired) electrons. The summed E-state index contributed by atoms with van der Waals surface area (Å²) in [5, 5.41) is 8.86. The molecular formula is C14H17FN2O3. The monoisotopic (exact) mass is 280 g/mol. The van der Waals surface area contributed by atoms with Crippen LogP contribution in [0.3, 0.4) is 0 Å². The molecule has 0 bridgehead atoms. The highest BCUT2D eigenvalue weighted by Crippen LogP contribution is 2.28. The SMILES string of the molecule is NC(=O)c1cc(F)ccc1N1CCCC(CC(=O)O)C1. The van der Waals surface area contributed by atoms with Gasteiger partial charge in [0.1, 0.15) is 5.82 Å². The van der Waals surface area contributed by atoms with Crippen molar-refractivity contribution < 1.29 is 19.1 Å². The Morgan fingerprint density at radius 2 is 2.20 bits per heavy atom. The number of hydrogen-bond acceptors (Lipinski definition) is 3. The molecule has 1 aromatic carbocycles. The molecule has 2 rings (SSSR count). The Kier molecular flexibility index (Phi) is 4.22. The second-order valence-electron chi connectivity index (χ2n) is 5.08. The van der Waals surface area contributed by atoms with Gasteiger partial charge in [0.15, 0.2) is 0 Å². The maximum absolute atomic E-state index is 13.2. The first-order valence-corrected chi connectivity index (χ1v) is 6.53. The number of carboxylic acid groups (broad SMARTS) is 1. The highest BCUT2D eigenvalue weighted by atomic mass is 19.1. The number of amides is 1. The number of carbonyl (C=O) groups excluding carboxylic acids is 1. The van der Waals surface area contributed by atoms with Crippen LogP contribution in [0, 0.1) is 11.7 Å². The van der Waals surface area contributed by atoms with E-state index in [9.17, 15) is 14.0 Å². The molecule has 108 valence electrons. The van der Waals surface area contributed by atoms with Crippen LogP contribution in [-0.2, 0) is 4.79 Å². The molecule has 1 aliphatic heterocycles. The lowest BCUT2D eigenvalue weighted by molar-refractivity contribution is -0.138. The summed E-state index contributed by atoms with van der Waals surface area (Å²) in [5.74, 6) is -1.99. The fraction of sp³-hybridized carbons (Fsp3) is 0.429. The van der Waals surface area contributed by atoms with E-state index in [2.05, 4.69) is 0 Å². The van der Waals surface area contributed by atoms with E-state index < -0.39 is 17.7 Å². The molecule has 1 saturated heterocycles. The number of rotatable bonds is 4. The second kappa shape index (κ2) is 5.90. The van der Waals surface area contributed by atoms with Crippen LogP contribution in [0.1, 0.15) is 29.6 Å². The zero-order valence-corrected chi connectivity index (χ0v) is 11.0. The summed E-state index contributed by atoms with van der Waals surface area (Å²) in [6.07, 6.45) is 1.78. The zero-order chi connectivity index (χ0) is 14.7. The normalized spacial score (nSPS) is 18.9. The van der Waals surface area contributed by atoms with E-state index >= 15 is 0 Å². The van der Waals surface area contributed by atoms with Gasteiger partial charge in [-0.05, 0) is 37.0 Å². The maximum atomic E-state index is 13.2. The largest absolute Gasteiger partial charge is 0.481 e. The third kappa shape index (κ3) is 3.26. The van der Waals surface area contributed by atoms with Gasteiger partial charge in [-0.15, -0.1) is 0 Å². The molecule has 5 nitrogen and oxygen atoms in total. The third-order valence-electron chi connectivity index (χ3n) is 3.55. The summed E-state index contributed by atoms with van der Waals surface area (Å²) >= 11 is 0. The Balaban J connectivity index is 2.22. The summed E-state index contributed by atoms with van der Waals surface area (Å²) in [6.45, 7) is 1.25. The van der Waals surface area contributed by atoms with E-state index in [0.717, 1.165) is 18.9 Å². The van der Waals surface area contributed by atoms with Gasteiger partial charge in [-0.1, -0.05) is 0 Å². The van der Waals surface area contributed by atoms with Crippen LogP contribution in [0.4, 0.5) is 10.1 Å². The van der Waals surface area contributed by atoms with Crippen molar-refractivity contribution in [3.63, 3.8) is 0 Å². The Bertz CT molecular complexity index is 533. The van der Waals surface area contributed by atoms with Gasteiger partial charge in [0.25, 0.3) is 5.91 Å². The lowest BCUT2D eigenvalue weighted by Crippen LogP contribution is -2.37. The van der Waals surface area contributed by atoms with Crippen LogP contribution >= 0.6 is 0 Å². The Morgan fingerprint density at radius 3 is 2.85 bits per heavy atom. The van der Waals surface area contributed by atoms with Gasteiger partial charge in [0.05, 0.1) is 5.56 Å². The molecule has 3 N–H and O–H groups in total. The highest BCUT2D eigenvalue weighted by molar-refractivity contribution is 5.98. The number of anilines is 1. The molecule has 1 fully saturated rings. The second-order valence-corrected chi connectivity index (χ2v) is 5.08.